The van der Waals surface area contributed by atoms with E-state index in [2.05, 4.69) is 0 Å². The summed E-state index contributed by atoms with van der Waals surface area (Å²) in [7, 11) is 0. The summed E-state index contributed by atoms with van der Waals surface area (Å²) < 4.78 is 10.3. The van der Waals surface area contributed by atoms with Gasteiger partial charge in [-0.1, -0.05) is 23.7 Å². The van der Waals surface area contributed by atoms with Crippen molar-refractivity contribution in [2.75, 3.05) is 6.61 Å². The van der Waals surface area contributed by atoms with Crippen molar-refractivity contribution in [2.45, 2.75) is 25.6 Å². The zero-order valence-electron chi connectivity index (χ0n) is 9.20. The molecule has 0 radical (unpaired) electrons. The summed E-state index contributed by atoms with van der Waals surface area (Å²) in [4.78, 5) is 11.5. The van der Waals surface area contributed by atoms with Gasteiger partial charge in [0, 0.05) is 5.02 Å². The summed E-state index contributed by atoms with van der Waals surface area (Å²) >= 11 is 5.80. The molecule has 0 unspecified atom stereocenters. The van der Waals surface area contributed by atoms with E-state index in [1.807, 2.05) is 19.1 Å². The minimum Gasteiger partial charge on any atom is -0.464 e. The van der Waals surface area contributed by atoms with Gasteiger partial charge >= 0.3 is 5.97 Å². The minimum absolute atomic E-state index is 0.306. The van der Waals surface area contributed by atoms with Crippen LogP contribution in [0.4, 0.5) is 0 Å². The van der Waals surface area contributed by atoms with E-state index in [-0.39, 0.29) is 5.97 Å². The van der Waals surface area contributed by atoms with E-state index < -0.39 is 11.7 Å². The molecule has 1 aliphatic heterocycles. The summed E-state index contributed by atoms with van der Waals surface area (Å²) in [6.45, 7) is 4.02. The number of epoxide rings is 1. The molecule has 1 aromatic rings. The Morgan fingerprint density at radius 1 is 1.50 bits per heavy atom. The molecule has 0 saturated carbocycles. The van der Waals surface area contributed by atoms with Crippen molar-refractivity contribution < 1.29 is 14.3 Å². The first-order valence-corrected chi connectivity index (χ1v) is 5.56. The van der Waals surface area contributed by atoms with Crippen LogP contribution in [0, 0.1) is 0 Å². The lowest BCUT2D eigenvalue weighted by Gasteiger charge is -2.06. The molecular weight excluding hydrogens is 228 g/mol. The Kier molecular flexibility index (Phi) is 2.91. The average molecular weight is 241 g/mol. The van der Waals surface area contributed by atoms with Gasteiger partial charge in [0.2, 0.25) is 0 Å². The van der Waals surface area contributed by atoms with Crippen molar-refractivity contribution in [1.82, 2.24) is 0 Å². The van der Waals surface area contributed by atoms with Crippen molar-refractivity contribution in [3.05, 3.63) is 34.9 Å². The van der Waals surface area contributed by atoms with Crippen LogP contribution >= 0.6 is 11.6 Å². The van der Waals surface area contributed by atoms with Crippen LogP contribution < -0.4 is 0 Å². The molecule has 0 spiro atoms. The summed E-state index contributed by atoms with van der Waals surface area (Å²) in [6.07, 6.45) is -0.492. The molecule has 16 heavy (non-hydrogen) atoms. The first-order valence-electron chi connectivity index (χ1n) is 5.18. The zero-order chi connectivity index (χ0) is 11.8. The van der Waals surface area contributed by atoms with E-state index in [0.717, 1.165) is 5.56 Å². The van der Waals surface area contributed by atoms with E-state index in [9.17, 15) is 4.79 Å². The van der Waals surface area contributed by atoms with Crippen molar-refractivity contribution in [1.29, 1.82) is 0 Å². The maximum absolute atomic E-state index is 11.5. The molecule has 0 amide bonds. The Hall–Kier alpha value is -1.06. The fraction of sp³-hybridized carbons (Fsp3) is 0.417. The molecule has 1 heterocycles. The predicted molar refractivity (Wildman–Crippen MR) is 60.3 cm³/mol. The van der Waals surface area contributed by atoms with Crippen LogP contribution in [0.25, 0.3) is 0 Å². The number of ether oxygens (including phenoxy) is 2. The highest BCUT2D eigenvalue weighted by atomic mass is 35.5. The van der Waals surface area contributed by atoms with Crippen molar-refractivity contribution in [3.63, 3.8) is 0 Å². The summed E-state index contributed by atoms with van der Waals surface area (Å²) in [5.74, 6) is -0.306. The number of hydrogen-bond donors (Lipinski definition) is 0. The number of carbonyl (C=O) groups excluding carboxylic acids is 1. The third-order valence-corrected chi connectivity index (χ3v) is 2.98. The second-order valence-electron chi connectivity index (χ2n) is 3.86. The van der Waals surface area contributed by atoms with Crippen LogP contribution in [-0.2, 0) is 19.9 Å². The van der Waals surface area contributed by atoms with Gasteiger partial charge in [-0.25, -0.2) is 4.79 Å². The molecule has 1 aromatic carbocycles. The molecule has 1 saturated heterocycles. The van der Waals surface area contributed by atoms with Crippen LogP contribution in [-0.4, -0.2) is 18.7 Å². The second-order valence-corrected chi connectivity index (χ2v) is 4.30. The second kappa shape index (κ2) is 4.07. The molecule has 0 bridgehead atoms. The number of benzene rings is 1. The molecule has 86 valence electrons. The predicted octanol–water partition coefficient (Wildman–Crippen LogP) is 2.52. The van der Waals surface area contributed by atoms with Crippen LogP contribution in [0.2, 0.25) is 5.02 Å². The first-order chi connectivity index (χ1) is 7.58. The molecule has 2 rings (SSSR count). The largest absolute Gasteiger partial charge is 0.464 e. The number of carbonyl (C=O) groups is 1. The van der Waals surface area contributed by atoms with Gasteiger partial charge in [0.15, 0.2) is 6.10 Å². The Morgan fingerprint density at radius 3 is 2.69 bits per heavy atom. The maximum Gasteiger partial charge on any atom is 0.338 e. The number of hydrogen-bond acceptors (Lipinski definition) is 3. The average Bonchev–Trinajstić information content (AvgIpc) is 2.93. The van der Waals surface area contributed by atoms with Crippen LogP contribution in [0.5, 0.6) is 0 Å². The molecule has 1 fully saturated rings. The lowest BCUT2D eigenvalue weighted by atomic mass is 9.97. The molecule has 1 aliphatic rings. The zero-order valence-corrected chi connectivity index (χ0v) is 9.95. The quantitative estimate of drug-likeness (QED) is 0.602. The number of halogens is 1. The fourth-order valence-electron chi connectivity index (χ4n) is 1.70. The first kappa shape index (κ1) is 11.4. The third-order valence-electron chi connectivity index (χ3n) is 2.72. The molecule has 0 aliphatic carbocycles. The van der Waals surface area contributed by atoms with E-state index in [1.165, 1.54) is 0 Å². The maximum atomic E-state index is 11.5. The van der Waals surface area contributed by atoms with Gasteiger partial charge < -0.3 is 9.47 Å². The lowest BCUT2D eigenvalue weighted by molar-refractivity contribution is -0.144. The highest BCUT2D eigenvalue weighted by Gasteiger charge is 2.59. The summed E-state index contributed by atoms with van der Waals surface area (Å²) in [6, 6.07) is 7.29. The van der Waals surface area contributed by atoms with E-state index in [0.29, 0.717) is 11.6 Å². The Labute approximate surface area is 99.3 Å². The Morgan fingerprint density at radius 2 is 2.12 bits per heavy atom. The van der Waals surface area contributed by atoms with Crippen LogP contribution in [0.1, 0.15) is 19.4 Å². The van der Waals surface area contributed by atoms with Gasteiger partial charge in [-0.3, -0.25) is 0 Å². The van der Waals surface area contributed by atoms with Crippen LogP contribution in [0.15, 0.2) is 24.3 Å². The third kappa shape index (κ3) is 1.93. The van der Waals surface area contributed by atoms with Crippen molar-refractivity contribution >= 4 is 17.6 Å². The topological polar surface area (TPSA) is 38.8 Å². The monoisotopic (exact) mass is 240 g/mol. The van der Waals surface area contributed by atoms with E-state index in [1.54, 1.807) is 19.1 Å². The summed E-state index contributed by atoms with van der Waals surface area (Å²) in [5, 5.41) is 0.667. The minimum atomic E-state index is -0.559. The van der Waals surface area contributed by atoms with Gasteiger partial charge in [-0.2, -0.15) is 0 Å². The van der Waals surface area contributed by atoms with Gasteiger partial charge in [-0.05, 0) is 31.5 Å². The Balaban J connectivity index is 2.12. The number of esters is 1. The SMILES string of the molecule is CCOC(=O)[C@H]1O[C@@]1(C)c1ccc(Cl)cc1. The summed E-state index contributed by atoms with van der Waals surface area (Å²) in [5.41, 5.74) is 0.381. The van der Waals surface area contributed by atoms with Crippen molar-refractivity contribution in [2.24, 2.45) is 0 Å². The molecule has 0 aromatic heterocycles. The van der Waals surface area contributed by atoms with Gasteiger partial charge in [0.25, 0.3) is 0 Å². The fourth-order valence-corrected chi connectivity index (χ4v) is 1.83. The van der Waals surface area contributed by atoms with E-state index >= 15 is 0 Å². The Bertz CT molecular complexity index is 401. The van der Waals surface area contributed by atoms with Crippen molar-refractivity contribution in [3.8, 4) is 0 Å². The normalized spacial score (nSPS) is 27.6. The van der Waals surface area contributed by atoms with Gasteiger partial charge in [0.1, 0.15) is 5.60 Å². The van der Waals surface area contributed by atoms with Gasteiger partial charge in [-0.15, -0.1) is 0 Å². The molecule has 3 nitrogen and oxygen atoms in total. The highest BCUT2D eigenvalue weighted by Crippen LogP contribution is 2.46. The molecule has 0 N–H and O–H groups in total. The number of rotatable bonds is 3. The van der Waals surface area contributed by atoms with Crippen LogP contribution in [0.3, 0.4) is 0 Å². The van der Waals surface area contributed by atoms with Gasteiger partial charge in [0.05, 0.1) is 6.61 Å². The standard InChI is InChI=1S/C12H13ClO3/c1-3-15-11(14)10-12(2,16-10)8-4-6-9(13)7-5-8/h4-7,10H,3H2,1-2H3/t10-,12+/m1/s1. The molecule has 2 atom stereocenters. The lowest BCUT2D eigenvalue weighted by Crippen LogP contribution is -2.18. The smallest absolute Gasteiger partial charge is 0.338 e. The molecular formula is C12H13ClO3. The molecule has 4 heteroatoms. The van der Waals surface area contributed by atoms with E-state index in [4.69, 9.17) is 21.1 Å². The highest BCUT2D eigenvalue weighted by molar-refractivity contribution is 6.30.